The largest absolute Gasteiger partial charge is 0.435 e. The maximum absolute atomic E-state index is 6.49. The zero-order valence-corrected chi connectivity index (χ0v) is 27.4. The lowest BCUT2D eigenvalue weighted by molar-refractivity contribution is 0.623. The zero-order chi connectivity index (χ0) is 33.0. The number of benzene rings is 7. The first-order chi connectivity index (χ1) is 24.8. The number of thiophene rings is 1. The summed E-state index contributed by atoms with van der Waals surface area (Å²) in [5.41, 5.74) is 7.47. The Morgan fingerprint density at radius 3 is 1.94 bits per heavy atom. The fourth-order valence-corrected chi connectivity index (χ4v) is 8.00. The van der Waals surface area contributed by atoms with Crippen molar-refractivity contribution in [3.05, 3.63) is 158 Å². The molecule has 0 aliphatic heterocycles. The van der Waals surface area contributed by atoms with E-state index in [0.29, 0.717) is 23.4 Å². The molecule has 0 saturated heterocycles. The highest BCUT2D eigenvalue weighted by atomic mass is 32.1. The summed E-state index contributed by atoms with van der Waals surface area (Å²) in [6.45, 7) is 0. The molecule has 0 saturated carbocycles. The average Bonchev–Trinajstić information content (AvgIpc) is 3.81. The molecule has 0 amide bonds. The lowest BCUT2D eigenvalue weighted by Crippen LogP contribution is -2.00. The molecule has 0 spiro atoms. The van der Waals surface area contributed by atoms with E-state index in [4.69, 9.17) is 24.4 Å². The number of aromatic nitrogens is 4. The molecule has 10 rings (SSSR count). The number of hydrogen-bond donors (Lipinski definition) is 0. The van der Waals surface area contributed by atoms with Gasteiger partial charge in [-0.2, -0.15) is 0 Å². The molecule has 0 bridgehead atoms. The third-order valence-electron chi connectivity index (χ3n) is 9.16. The molecule has 10 aromatic rings. The van der Waals surface area contributed by atoms with Gasteiger partial charge in [-0.1, -0.05) is 121 Å². The van der Waals surface area contributed by atoms with Crippen molar-refractivity contribution in [3.63, 3.8) is 0 Å². The second kappa shape index (κ2) is 11.6. The summed E-state index contributed by atoms with van der Waals surface area (Å²) in [6.07, 6.45) is 0. The van der Waals surface area contributed by atoms with E-state index in [0.717, 1.165) is 55.3 Å². The number of nitrogens with zero attached hydrogens (tertiary/aromatic N) is 4. The monoisotopic (exact) mass is 658 g/mol. The van der Waals surface area contributed by atoms with Crippen molar-refractivity contribution in [3.8, 4) is 56.7 Å². The Morgan fingerprint density at radius 2 is 1.08 bits per heavy atom. The number of fused-ring (bicyclic) bond motifs is 6. The van der Waals surface area contributed by atoms with Gasteiger partial charge in [-0.05, 0) is 52.9 Å². The highest BCUT2D eigenvalue weighted by Crippen LogP contribution is 2.41. The molecule has 6 heteroatoms. The lowest BCUT2D eigenvalue weighted by atomic mass is 9.96. The predicted molar refractivity (Wildman–Crippen MR) is 205 cm³/mol. The third kappa shape index (κ3) is 4.77. The van der Waals surface area contributed by atoms with Crippen LogP contribution in [0.5, 0.6) is 0 Å². The molecular formula is C44H26N4OS. The van der Waals surface area contributed by atoms with Crippen LogP contribution < -0.4 is 0 Å². The van der Waals surface area contributed by atoms with Crippen LogP contribution in [0.2, 0.25) is 0 Å². The van der Waals surface area contributed by atoms with E-state index in [9.17, 15) is 0 Å². The van der Waals surface area contributed by atoms with Gasteiger partial charge in [0.25, 0.3) is 0 Å². The number of rotatable bonds is 5. The molecule has 5 nitrogen and oxygen atoms in total. The van der Waals surface area contributed by atoms with E-state index in [1.54, 1.807) is 11.3 Å². The van der Waals surface area contributed by atoms with Crippen molar-refractivity contribution in [2.45, 2.75) is 0 Å². The number of hydrogen-bond acceptors (Lipinski definition) is 6. The second-order valence-corrected chi connectivity index (χ2v) is 13.3. The van der Waals surface area contributed by atoms with E-state index in [1.165, 1.54) is 20.2 Å². The highest BCUT2D eigenvalue weighted by molar-refractivity contribution is 7.26. The molecule has 0 aliphatic carbocycles. The van der Waals surface area contributed by atoms with Gasteiger partial charge in [0.1, 0.15) is 5.52 Å². The molecular weight excluding hydrogens is 633 g/mol. The van der Waals surface area contributed by atoms with E-state index < -0.39 is 0 Å². The Bertz CT molecular complexity index is 2880. The summed E-state index contributed by atoms with van der Waals surface area (Å²) in [5, 5.41) is 4.56. The maximum atomic E-state index is 6.49. The Morgan fingerprint density at radius 1 is 0.440 bits per heavy atom. The third-order valence-corrected chi connectivity index (χ3v) is 10.4. The van der Waals surface area contributed by atoms with Crippen molar-refractivity contribution in [2.75, 3.05) is 0 Å². The van der Waals surface area contributed by atoms with Crippen LogP contribution in [0.4, 0.5) is 0 Å². The van der Waals surface area contributed by atoms with Crippen molar-refractivity contribution in [1.29, 1.82) is 0 Å². The Labute approximate surface area is 291 Å². The second-order valence-electron chi connectivity index (χ2n) is 12.2. The Kier molecular flexibility index (Phi) is 6.60. The van der Waals surface area contributed by atoms with E-state index in [1.807, 2.05) is 66.7 Å². The van der Waals surface area contributed by atoms with Gasteiger partial charge in [-0.15, -0.1) is 11.3 Å². The first kappa shape index (κ1) is 28.5. The molecule has 3 aromatic heterocycles. The van der Waals surface area contributed by atoms with Crippen LogP contribution in [-0.2, 0) is 0 Å². The van der Waals surface area contributed by atoms with Crippen LogP contribution in [-0.4, -0.2) is 19.9 Å². The van der Waals surface area contributed by atoms with Crippen LogP contribution in [0.1, 0.15) is 0 Å². The highest BCUT2D eigenvalue weighted by Gasteiger charge is 2.18. The summed E-state index contributed by atoms with van der Waals surface area (Å²) >= 11 is 1.77. The molecule has 0 N–H and O–H groups in total. The van der Waals surface area contributed by atoms with Crippen LogP contribution in [0.25, 0.3) is 98.8 Å². The van der Waals surface area contributed by atoms with Crippen molar-refractivity contribution >= 4 is 53.4 Å². The zero-order valence-electron chi connectivity index (χ0n) is 26.6. The van der Waals surface area contributed by atoms with Gasteiger partial charge in [-0.3, -0.25) is 0 Å². The molecule has 0 unspecified atom stereocenters. The SMILES string of the molecule is c1ccc(-c2nc(-c3cccc(-c4cccc5ccc6nc(-c7ccccc7)oc6c45)c3)nc(-c3cccc4c3sc3ccccc34)n2)cc1. The van der Waals surface area contributed by atoms with Gasteiger partial charge in [0.05, 0.1) is 0 Å². The summed E-state index contributed by atoms with van der Waals surface area (Å²) in [6, 6.07) is 54.0. The van der Waals surface area contributed by atoms with Gasteiger partial charge in [0.15, 0.2) is 23.1 Å². The Balaban J connectivity index is 1.16. The lowest BCUT2D eigenvalue weighted by Gasteiger charge is -2.11. The maximum Gasteiger partial charge on any atom is 0.227 e. The van der Waals surface area contributed by atoms with Crippen molar-refractivity contribution in [1.82, 2.24) is 19.9 Å². The topological polar surface area (TPSA) is 64.7 Å². The van der Waals surface area contributed by atoms with Gasteiger partial charge in [0, 0.05) is 47.8 Å². The first-order valence-corrected chi connectivity index (χ1v) is 17.3. The van der Waals surface area contributed by atoms with Crippen LogP contribution in [0.15, 0.2) is 162 Å². The molecule has 0 fully saturated rings. The van der Waals surface area contributed by atoms with Gasteiger partial charge in [-0.25, -0.2) is 19.9 Å². The summed E-state index contributed by atoms with van der Waals surface area (Å²) in [7, 11) is 0. The summed E-state index contributed by atoms with van der Waals surface area (Å²) in [5.74, 6) is 2.51. The number of oxazole rings is 1. The molecule has 0 radical (unpaired) electrons. The molecule has 0 aliphatic rings. The predicted octanol–water partition coefficient (Wildman–Crippen LogP) is 11.9. The fourth-order valence-electron chi connectivity index (χ4n) is 6.79. The molecule has 7 aromatic carbocycles. The fraction of sp³-hybridized carbons (Fsp3) is 0. The van der Waals surface area contributed by atoms with Crippen molar-refractivity contribution in [2.24, 2.45) is 0 Å². The van der Waals surface area contributed by atoms with E-state index in [-0.39, 0.29) is 0 Å². The molecule has 3 heterocycles. The molecule has 50 heavy (non-hydrogen) atoms. The van der Waals surface area contributed by atoms with Crippen LogP contribution in [0.3, 0.4) is 0 Å². The minimum atomic E-state index is 0.608. The van der Waals surface area contributed by atoms with E-state index >= 15 is 0 Å². The first-order valence-electron chi connectivity index (χ1n) is 16.5. The quantitative estimate of drug-likeness (QED) is 0.184. The minimum absolute atomic E-state index is 0.608. The van der Waals surface area contributed by atoms with Crippen LogP contribution in [0, 0.1) is 0 Å². The standard InChI is InChI=1S/C44H26N4OS/c1-3-12-28(13-4-1)41-46-42(48-43(47-41)35-22-11-21-34-33-19-7-8-23-37(33)50-40(34)35)31-18-9-17-30(26-31)32-20-10-16-27-24-25-36-39(38(27)32)49-44(45-36)29-14-5-2-6-15-29/h1-26H. The normalized spacial score (nSPS) is 11.6. The van der Waals surface area contributed by atoms with E-state index in [2.05, 4.69) is 91.0 Å². The summed E-state index contributed by atoms with van der Waals surface area (Å²) < 4.78 is 8.90. The smallest absolute Gasteiger partial charge is 0.227 e. The van der Waals surface area contributed by atoms with Gasteiger partial charge < -0.3 is 4.42 Å². The summed E-state index contributed by atoms with van der Waals surface area (Å²) in [4.78, 5) is 20.1. The van der Waals surface area contributed by atoms with Gasteiger partial charge >= 0.3 is 0 Å². The van der Waals surface area contributed by atoms with Crippen molar-refractivity contribution < 1.29 is 4.42 Å². The molecule has 234 valence electrons. The minimum Gasteiger partial charge on any atom is -0.435 e. The Hall–Kier alpha value is -6.50. The van der Waals surface area contributed by atoms with Crippen LogP contribution >= 0.6 is 11.3 Å². The average molecular weight is 659 g/mol. The van der Waals surface area contributed by atoms with Gasteiger partial charge in [0.2, 0.25) is 5.89 Å². The molecule has 0 atom stereocenters.